The summed E-state index contributed by atoms with van der Waals surface area (Å²) >= 11 is 0. The molecule has 0 aliphatic carbocycles. The minimum Gasteiger partial charge on any atom is -0.370 e. The Bertz CT molecular complexity index is 586. The van der Waals surface area contributed by atoms with Gasteiger partial charge in [0.05, 0.1) is 11.5 Å². The third-order valence-electron chi connectivity index (χ3n) is 3.17. The first-order valence-corrected chi connectivity index (χ1v) is 8.54. The molecule has 0 spiro atoms. The molecule has 20 heavy (non-hydrogen) atoms. The quantitative estimate of drug-likeness (QED) is 0.891. The second-order valence-corrected chi connectivity index (χ2v) is 7.04. The van der Waals surface area contributed by atoms with Gasteiger partial charge in [-0.25, -0.2) is 13.4 Å². The lowest BCUT2D eigenvalue weighted by atomic mass is 10.3. The molecule has 110 valence electrons. The smallest absolute Gasteiger partial charge is 0.272 e. The summed E-state index contributed by atoms with van der Waals surface area (Å²) in [6, 6.07) is 5.22. The summed E-state index contributed by atoms with van der Waals surface area (Å²) in [7, 11) is -3.01. The number of rotatable bonds is 3. The Kier molecular flexibility index (Phi) is 4.59. The molecule has 1 N–H and O–H groups in total. The van der Waals surface area contributed by atoms with Crippen molar-refractivity contribution in [2.45, 2.75) is 13.3 Å². The van der Waals surface area contributed by atoms with Crippen LogP contribution in [0.3, 0.4) is 0 Å². The topological polar surface area (TPSA) is 79.4 Å². The Hall–Kier alpha value is -1.63. The summed E-state index contributed by atoms with van der Waals surface area (Å²) in [5.74, 6) is 0.635. The van der Waals surface area contributed by atoms with Crippen molar-refractivity contribution in [3.63, 3.8) is 0 Å². The first-order chi connectivity index (χ1) is 9.52. The Balaban J connectivity index is 2.12. The van der Waals surface area contributed by atoms with E-state index in [1.165, 1.54) is 0 Å². The lowest BCUT2D eigenvalue weighted by Crippen LogP contribution is -2.34. The first kappa shape index (κ1) is 14.8. The average molecular weight is 297 g/mol. The molecule has 0 saturated carbocycles. The van der Waals surface area contributed by atoms with Gasteiger partial charge in [-0.15, -0.1) is 0 Å². The van der Waals surface area contributed by atoms with Gasteiger partial charge in [0.1, 0.15) is 11.5 Å². The number of amides is 1. The van der Waals surface area contributed by atoms with Crippen LogP contribution in [0.5, 0.6) is 0 Å². The summed E-state index contributed by atoms with van der Waals surface area (Å²) in [6.45, 7) is 3.39. The first-order valence-electron chi connectivity index (χ1n) is 6.72. The lowest BCUT2D eigenvalue weighted by molar-refractivity contribution is 0.0763. The molecular formula is C13H19N3O3S. The predicted molar refractivity (Wildman–Crippen MR) is 77.6 cm³/mol. The Morgan fingerprint density at radius 3 is 2.90 bits per heavy atom. The highest BCUT2D eigenvalue weighted by Crippen LogP contribution is 2.11. The molecule has 1 aliphatic rings. The number of pyridine rings is 1. The molecule has 1 aromatic rings. The SMILES string of the molecule is CCNc1cccc(C(=O)N2CCCS(=O)(=O)CC2)n1. The summed E-state index contributed by atoms with van der Waals surface area (Å²) < 4.78 is 23.1. The molecule has 1 saturated heterocycles. The fraction of sp³-hybridized carbons (Fsp3) is 0.538. The van der Waals surface area contributed by atoms with Gasteiger partial charge < -0.3 is 10.2 Å². The van der Waals surface area contributed by atoms with E-state index >= 15 is 0 Å². The molecule has 0 bridgehead atoms. The number of carbonyl (C=O) groups excluding carboxylic acids is 1. The van der Waals surface area contributed by atoms with Gasteiger partial charge in [0, 0.05) is 19.6 Å². The van der Waals surface area contributed by atoms with Crippen molar-refractivity contribution in [2.24, 2.45) is 0 Å². The van der Waals surface area contributed by atoms with Crippen LogP contribution < -0.4 is 5.32 Å². The highest BCUT2D eigenvalue weighted by Gasteiger charge is 2.24. The summed E-state index contributed by atoms with van der Waals surface area (Å²) in [5, 5.41) is 3.05. The van der Waals surface area contributed by atoms with E-state index in [0.717, 1.165) is 6.54 Å². The van der Waals surface area contributed by atoms with Gasteiger partial charge in [-0.1, -0.05) is 6.07 Å². The molecule has 0 atom stereocenters. The number of hydrogen-bond acceptors (Lipinski definition) is 5. The third kappa shape index (κ3) is 3.69. The van der Waals surface area contributed by atoms with Gasteiger partial charge in [-0.3, -0.25) is 4.79 Å². The van der Waals surface area contributed by atoms with E-state index in [4.69, 9.17) is 0 Å². The Morgan fingerprint density at radius 2 is 2.15 bits per heavy atom. The van der Waals surface area contributed by atoms with Gasteiger partial charge in [-0.05, 0) is 25.5 Å². The minimum absolute atomic E-state index is 0.0334. The molecule has 0 aromatic carbocycles. The van der Waals surface area contributed by atoms with E-state index in [1.807, 2.05) is 6.92 Å². The maximum absolute atomic E-state index is 12.4. The normalized spacial score (nSPS) is 18.4. The Labute approximate surface area is 119 Å². The third-order valence-corrected chi connectivity index (χ3v) is 4.88. The van der Waals surface area contributed by atoms with Crippen LogP contribution in [-0.4, -0.2) is 55.3 Å². The van der Waals surface area contributed by atoms with E-state index in [-0.39, 0.29) is 24.0 Å². The van der Waals surface area contributed by atoms with E-state index < -0.39 is 9.84 Å². The van der Waals surface area contributed by atoms with Crippen LogP contribution in [0.4, 0.5) is 5.82 Å². The molecule has 2 heterocycles. The van der Waals surface area contributed by atoms with Crippen LogP contribution in [0.2, 0.25) is 0 Å². The molecule has 1 aliphatic heterocycles. The van der Waals surface area contributed by atoms with Crippen molar-refractivity contribution in [1.82, 2.24) is 9.88 Å². The van der Waals surface area contributed by atoms with Crippen molar-refractivity contribution < 1.29 is 13.2 Å². The van der Waals surface area contributed by atoms with Crippen molar-refractivity contribution in [2.75, 3.05) is 36.5 Å². The van der Waals surface area contributed by atoms with Crippen molar-refractivity contribution >= 4 is 21.6 Å². The molecule has 0 radical (unpaired) electrons. The average Bonchev–Trinajstić information content (AvgIpc) is 2.60. The zero-order valence-corrected chi connectivity index (χ0v) is 12.3. The van der Waals surface area contributed by atoms with Crippen molar-refractivity contribution in [3.05, 3.63) is 23.9 Å². The zero-order chi connectivity index (χ0) is 14.6. The van der Waals surface area contributed by atoms with Crippen molar-refractivity contribution in [3.8, 4) is 0 Å². The number of nitrogens with one attached hydrogen (secondary N) is 1. The minimum atomic E-state index is -3.01. The fourth-order valence-electron chi connectivity index (χ4n) is 2.14. The van der Waals surface area contributed by atoms with Crippen LogP contribution in [-0.2, 0) is 9.84 Å². The largest absolute Gasteiger partial charge is 0.370 e. The van der Waals surface area contributed by atoms with Gasteiger partial charge in [0.15, 0.2) is 9.84 Å². The molecule has 7 heteroatoms. The maximum Gasteiger partial charge on any atom is 0.272 e. The van der Waals surface area contributed by atoms with E-state index in [1.54, 1.807) is 23.1 Å². The van der Waals surface area contributed by atoms with Crippen LogP contribution in [0.25, 0.3) is 0 Å². The lowest BCUT2D eigenvalue weighted by Gasteiger charge is -2.19. The van der Waals surface area contributed by atoms with E-state index in [0.29, 0.717) is 24.5 Å². The zero-order valence-electron chi connectivity index (χ0n) is 11.5. The number of anilines is 1. The van der Waals surface area contributed by atoms with Gasteiger partial charge in [0.25, 0.3) is 5.91 Å². The summed E-state index contributed by atoms with van der Waals surface area (Å²) in [6.07, 6.45) is 0.487. The monoisotopic (exact) mass is 297 g/mol. The molecule has 1 aromatic heterocycles. The molecule has 0 unspecified atom stereocenters. The fourth-order valence-corrected chi connectivity index (χ4v) is 3.41. The number of sulfone groups is 1. The highest BCUT2D eigenvalue weighted by atomic mass is 32.2. The standard InChI is InChI=1S/C13H19N3O3S/c1-2-14-12-6-3-5-11(15-12)13(17)16-7-4-9-20(18,19)10-8-16/h3,5-6H,2,4,7-10H2,1H3,(H,14,15). The van der Waals surface area contributed by atoms with E-state index in [9.17, 15) is 13.2 Å². The highest BCUT2D eigenvalue weighted by molar-refractivity contribution is 7.91. The van der Waals surface area contributed by atoms with E-state index in [2.05, 4.69) is 10.3 Å². The van der Waals surface area contributed by atoms with Crippen molar-refractivity contribution in [1.29, 1.82) is 0 Å². The molecular weight excluding hydrogens is 278 g/mol. The van der Waals surface area contributed by atoms with Crippen LogP contribution in [0.1, 0.15) is 23.8 Å². The van der Waals surface area contributed by atoms with Gasteiger partial charge >= 0.3 is 0 Å². The Morgan fingerprint density at radius 1 is 1.35 bits per heavy atom. The molecule has 1 fully saturated rings. The molecule has 2 rings (SSSR count). The van der Waals surface area contributed by atoms with Crippen LogP contribution in [0, 0.1) is 0 Å². The van der Waals surface area contributed by atoms with Gasteiger partial charge in [0.2, 0.25) is 0 Å². The van der Waals surface area contributed by atoms with Crippen LogP contribution in [0.15, 0.2) is 18.2 Å². The number of carbonyl (C=O) groups is 1. The maximum atomic E-state index is 12.4. The second-order valence-electron chi connectivity index (χ2n) is 4.74. The number of hydrogen-bond donors (Lipinski definition) is 1. The summed E-state index contributed by atoms with van der Waals surface area (Å²) in [4.78, 5) is 18.2. The summed E-state index contributed by atoms with van der Waals surface area (Å²) in [5.41, 5.74) is 0.350. The second kappa shape index (κ2) is 6.21. The number of aromatic nitrogens is 1. The molecule has 6 nitrogen and oxygen atoms in total. The van der Waals surface area contributed by atoms with Crippen LogP contribution >= 0.6 is 0 Å². The van der Waals surface area contributed by atoms with Gasteiger partial charge in [-0.2, -0.15) is 0 Å². The predicted octanol–water partition coefficient (Wildman–Crippen LogP) is 0.774. The molecule has 1 amide bonds. The number of nitrogens with zero attached hydrogens (tertiary/aromatic N) is 2.